The second kappa shape index (κ2) is 7.95. The van der Waals surface area contributed by atoms with Crippen LogP contribution in [0.5, 0.6) is 0 Å². The number of nitrogens with zero attached hydrogens (tertiary/aromatic N) is 2. The van der Waals surface area contributed by atoms with Crippen LogP contribution in [0.1, 0.15) is 37.7 Å². The zero-order valence-corrected chi connectivity index (χ0v) is 15.1. The number of Topliss-reactive ketones (excluding diaryl/α,β-unsaturated/α-hetero) is 1. The summed E-state index contributed by atoms with van der Waals surface area (Å²) in [7, 11) is 0. The number of esters is 1. The molecule has 3 rings (SSSR count). The topological polar surface area (TPSA) is 61.2 Å². The Kier molecular flexibility index (Phi) is 5.45. The van der Waals surface area contributed by atoms with Crippen molar-refractivity contribution in [3.63, 3.8) is 0 Å². The highest BCUT2D eigenvalue weighted by Gasteiger charge is 2.22. The number of ketones is 1. The van der Waals surface area contributed by atoms with Gasteiger partial charge in [0.05, 0.1) is 23.5 Å². The van der Waals surface area contributed by atoms with Crippen molar-refractivity contribution in [1.29, 1.82) is 0 Å². The fourth-order valence-electron chi connectivity index (χ4n) is 2.87. The van der Waals surface area contributed by atoms with Crippen LogP contribution in [0.15, 0.2) is 54.6 Å². The van der Waals surface area contributed by atoms with Crippen molar-refractivity contribution in [2.75, 3.05) is 6.61 Å². The van der Waals surface area contributed by atoms with Gasteiger partial charge in [-0.25, -0.2) is 9.18 Å². The molecule has 0 unspecified atom stereocenters. The van der Waals surface area contributed by atoms with Crippen molar-refractivity contribution >= 4 is 11.8 Å². The van der Waals surface area contributed by atoms with Crippen LogP contribution < -0.4 is 0 Å². The standard InChI is InChI=1S/C21H19FN2O3/c1-14-20(15(2)24(23-14)12-16-8-4-3-5-9-16)21(26)27-13-19(25)17-10-6-7-11-18(17)22/h3-11H,12-13H2,1-2H3. The molecule has 0 aliphatic rings. The lowest BCUT2D eigenvalue weighted by Crippen LogP contribution is -2.16. The molecular weight excluding hydrogens is 347 g/mol. The van der Waals surface area contributed by atoms with Crippen LogP contribution in [-0.2, 0) is 11.3 Å². The van der Waals surface area contributed by atoms with E-state index in [1.807, 2.05) is 30.3 Å². The summed E-state index contributed by atoms with van der Waals surface area (Å²) >= 11 is 0. The van der Waals surface area contributed by atoms with Crippen LogP contribution >= 0.6 is 0 Å². The third-order valence-corrected chi connectivity index (χ3v) is 4.27. The highest BCUT2D eigenvalue weighted by molar-refractivity contribution is 6.00. The maximum absolute atomic E-state index is 13.7. The van der Waals surface area contributed by atoms with Gasteiger partial charge in [-0.15, -0.1) is 0 Å². The molecule has 3 aromatic rings. The van der Waals surface area contributed by atoms with Crippen molar-refractivity contribution < 1.29 is 18.7 Å². The summed E-state index contributed by atoms with van der Waals surface area (Å²) in [5.74, 6) is -1.87. The molecule has 2 aromatic carbocycles. The van der Waals surface area contributed by atoms with E-state index in [0.29, 0.717) is 23.5 Å². The molecule has 1 aromatic heterocycles. The molecular formula is C21H19FN2O3. The highest BCUT2D eigenvalue weighted by atomic mass is 19.1. The molecule has 0 saturated carbocycles. The van der Waals surface area contributed by atoms with Gasteiger partial charge in [0.1, 0.15) is 11.4 Å². The summed E-state index contributed by atoms with van der Waals surface area (Å²) < 4.78 is 20.5. The fraction of sp³-hybridized carbons (Fsp3) is 0.190. The molecule has 0 saturated heterocycles. The van der Waals surface area contributed by atoms with Crippen molar-refractivity contribution in [2.45, 2.75) is 20.4 Å². The van der Waals surface area contributed by atoms with Crippen LogP contribution in [0.2, 0.25) is 0 Å². The molecule has 27 heavy (non-hydrogen) atoms. The first-order valence-corrected chi connectivity index (χ1v) is 8.50. The number of benzene rings is 2. The number of aromatic nitrogens is 2. The van der Waals surface area contributed by atoms with E-state index in [9.17, 15) is 14.0 Å². The summed E-state index contributed by atoms with van der Waals surface area (Å²) in [5, 5.41) is 4.40. The number of hydrogen-bond acceptors (Lipinski definition) is 4. The average Bonchev–Trinajstić information content (AvgIpc) is 2.94. The first-order chi connectivity index (χ1) is 13.0. The number of rotatable bonds is 6. The monoisotopic (exact) mass is 366 g/mol. The zero-order valence-electron chi connectivity index (χ0n) is 15.1. The fourth-order valence-corrected chi connectivity index (χ4v) is 2.87. The predicted molar refractivity (Wildman–Crippen MR) is 98.3 cm³/mol. The van der Waals surface area contributed by atoms with E-state index in [0.717, 1.165) is 5.56 Å². The molecule has 0 fully saturated rings. The van der Waals surface area contributed by atoms with Gasteiger partial charge in [0.15, 0.2) is 6.61 Å². The number of carbonyl (C=O) groups excluding carboxylic acids is 2. The van der Waals surface area contributed by atoms with Crippen molar-refractivity contribution in [3.8, 4) is 0 Å². The Bertz CT molecular complexity index is 980. The highest BCUT2D eigenvalue weighted by Crippen LogP contribution is 2.16. The molecule has 138 valence electrons. The van der Waals surface area contributed by atoms with Crippen LogP contribution in [0.25, 0.3) is 0 Å². The quantitative estimate of drug-likeness (QED) is 0.493. The number of aryl methyl sites for hydroxylation is 1. The first kappa shape index (κ1) is 18.5. The minimum Gasteiger partial charge on any atom is -0.454 e. The molecule has 0 aliphatic heterocycles. The molecule has 1 heterocycles. The maximum Gasteiger partial charge on any atom is 0.342 e. The molecule has 0 N–H and O–H groups in total. The Morgan fingerprint density at radius 1 is 1.04 bits per heavy atom. The number of hydrogen-bond donors (Lipinski definition) is 0. The van der Waals surface area contributed by atoms with E-state index in [1.165, 1.54) is 18.2 Å². The van der Waals surface area contributed by atoms with Gasteiger partial charge in [0.25, 0.3) is 0 Å². The van der Waals surface area contributed by atoms with Crippen LogP contribution in [0, 0.1) is 19.7 Å². The number of halogens is 1. The molecule has 0 atom stereocenters. The van der Waals surface area contributed by atoms with Gasteiger partial charge in [0, 0.05) is 0 Å². The third-order valence-electron chi connectivity index (χ3n) is 4.27. The van der Waals surface area contributed by atoms with E-state index in [2.05, 4.69) is 5.10 Å². The second-order valence-corrected chi connectivity index (χ2v) is 6.17. The average molecular weight is 366 g/mol. The Labute approximate surface area is 156 Å². The first-order valence-electron chi connectivity index (χ1n) is 8.50. The lowest BCUT2D eigenvalue weighted by atomic mass is 10.1. The lowest BCUT2D eigenvalue weighted by molar-refractivity contribution is 0.0472. The van der Waals surface area contributed by atoms with Gasteiger partial charge >= 0.3 is 5.97 Å². The van der Waals surface area contributed by atoms with E-state index in [4.69, 9.17) is 4.74 Å². The minimum atomic E-state index is -0.644. The SMILES string of the molecule is Cc1nn(Cc2ccccc2)c(C)c1C(=O)OCC(=O)c1ccccc1F. The van der Waals surface area contributed by atoms with Crippen molar-refractivity contribution in [3.05, 3.63) is 88.5 Å². The Balaban J connectivity index is 1.72. The Morgan fingerprint density at radius 3 is 2.41 bits per heavy atom. The maximum atomic E-state index is 13.7. The van der Waals surface area contributed by atoms with E-state index < -0.39 is 24.2 Å². The molecule has 0 aliphatic carbocycles. The zero-order chi connectivity index (χ0) is 19.4. The van der Waals surface area contributed by atoms with Crippen molar-refractivity contribution in [1.82, 2.24) is 9.78 Å². The molecule has 0 radical (unpaired) electrons. The van der Waals surface area contributed by atoms with Gasteiger partial charge in [-0.3, -0.25) is 9.48 Å². The number of carbonyl (C=O) groups is 2. The smallest absolute Gasteiger partial charge is 0.342 e. The van der Waals surface area contributed by atoms with Crippen LogP contribution in [-0.4, -0.2) is 28.1 Å². The molecule has 0 amide bonds. The summed E-state index contributed by atoms with van der Waals surface area (Å²) in [5.41, 5.74) is 2.45. The molecule has 0 bridgehead atoms. The normalized spacial score (nSPS) is 10.6. The largest absolute Gasteiger partial charge is 0.454 e. The molecule has 5 nitrogen and oxygen atoms in total. The second-order valence-electron chi connectivity index (χ2n) is 6.17. The summed E-state index contributed by atoms with van der Waals surface area (Å²) in [6, 6.07) is 15.3. The van der Waals surface area contributed by atoms with Gasteiger partial charge in [-0.05, 0) is 31.5 Å². The predicted octanol–water partition coefficient (Wildman–Crippen LogP) is 3.73. The van der Waals surface area contributed by atoms with E-state index >= 15 is 0 Å². The van der Waals surface area contributed by atoms with Gasteiger partial charge in [-0.2, -0.15) is 5.10 Å². The summed E-state index contributed by atoms with van der Waals surface area (Å²) in [6.07, 6.45) is 0. The lowest BCUT2D eigenvalue weighted by Gasteiger charge is -2.07. The molecule has 0 spiro atoms. The van der Waals surface area contributed by atoms with Gasteiger partial charge in [0.2, 0.25) is 5.78 Å². The summed E-state index contributed by atoms with van der Waals surface area (Å²) in [4.78, 5) is 24.5. The van der Waals surface area contributed by atoms with Gasteiger partial charge in [-0.1, -0.05) is 42.5 Å². The summed E-state index contributed by atoms with van der Waals surface area (Å²) in [6.45, 7) is 3.49. The minimum absolute atomic E-state index is 0.0986. The van der Waals surface area contributed by atoms with Crippen molar-refractivity contribution in [2.24, 2.45) is 0 Å². The Morgan fingerprint density at radius 2 is 1.70 bits per heavy atom. The number of ether oxygens (including phenoxy) is 1. The van der Waals surface area contributed by atoms with Gasteiger partial charge < -0.3 is 4.74 Å². The van der Waals surface area contributed by atoms with Crippen LogP contribution in [0.4, 0.5) is 4.39 Å². The third kappa shape index (κ3) is 4.11. The van der Waals surface area contributed by atoms with E-state index in [-0.39, 0.29) is 5.56 Å². The molecule has 6 heteroatoms. The Hall–Kier alpha value is -3.28. The van der Waals surface area contributed by atoms with E-state index in [1.54, 1.807) is 24.6 Å². The van der Waals surface area contributed by atoms with Crippen LogP contribution in [0.3, 0.4) is 0 Å².